The molecule has 1 saturated heterocycles. The van der Waals surface area contributed by atoms with Gasteiger partial charge in [0.25, 0.3) is 0 Å². The Kier molecular flexibility index (Phi) is 3.79. The fourth-order valence-corrected chi connectivity index (χ4v) is 2.68. The van der Waals surface area contributed by atoms with E-state index in [-0.39, 0.29) is 0 Å². The van der Waals surface area contributed by atoms with Crippen molar-refractivity contribution in [3.05, 3.63) is 18.0 Å². The van der Waals surface area contributed by atoms with Gasteiger partial charge in [0, 0.05) is 29.8 Å². The summed E-state index contributed by atoms with van der Waals surface area (Å²) in [7, 11) is 0. The molecule has 0 amide bonds. The quantitative estimate of drug-likeness (QED) is 0.782. The number of piperidine rings is 1. The van der Waals surface area contributed by atoms with Gasteiger partial charge in [0.2, 0.25) is 5.95 Å². The topological polar surface area (TPSA) is 29.0 Å². The van der Waals surface area contributed by atoms with Crippen LogP contribution in [0, 0.1) is 12.8 Å². The molecule has 1 aromatic rings. The highest BCUT2D eigenvalue weighted by atomic mass is 79.9. The van der Waals surface area contributed by atoms with Crippen molar-refractivity contribution < 1.29 is 0 Å². The number of alkyl halides is 1. The van der Waals surface area contributed by atoms with Crippen LogP contribution >= 0.6 is 15.9 Å². The summed E-state index contributed by atoms with van der Waals surface area (Å²) in [6, 6.07) is 1.94. The lowest BCUT2D eigenvalue weighted by Crippen LogP contribution is -2.36. The van der Waals surface area contributed by atoms with Gasteiger partial charge in [0.1, 0.15) is 0 Å². The first-order chi connectivity index (χ1) is 7.66. The van der Waals surface area contributed by atoms with Crippen molar-refractivity contribution in [1.82, 2.24) is 9.97 Å². The summed E-state index contributed by atoms with van der Waals surface area (Å²) in [4.78, 5) is 11.7. The summed E-state index contributed by atoms with van der Waals surface area (Å²) < 4.78 is 0. The van der Waals surface area contributed by atoms with Crippen molar-refractivity contribution in [2.45, 2.75) is 31.5 Å². The molecule has 0 bridgehead atoms. The molecular weight excluding hydrogens is 266 g/mol. The van der Waals surface area contributed by atoms with Crippen LogP contribution in [-0.2, 0) is 0 Å². The van der Waals surface area contributed by atoms with Crippen LogP contribution in [0.1, 0.15) is 25.5 Å². The standard InChI is InChI=1S/C12H18BrN3/c1-9-3-6-14-12(15-9)16-7-4-11(5-8-16)10(2)13/h3,6,10-11H,4-5,7-8H2,1-2H3. The number of halogens is 1. The minimum absolute atomic E-state index is 0.619. The number of nitrogens with zero attached hydrogens (tertiary/aromatic N) is 3. The highest BCUT2D eigenvalue weighted by molar-refractivity contribution is 9.09. The molecule has 1 aliphatic heterocycles. The second kappa shape index (κ2) is 5.13. The summed E-state index contributed by atoms with van der Waals surface area (Å²) in [5.41, 5.74) is 1.04. The Bertz CT molecular complexity index is 346. The van der Waals surface area contributed by atoms with E-state index in [0.717, 1.165) is 30.6 Å². The van der Waals surface area contributed by atoms with Crippen LogP contribution in [0.5, 0.6) is 0 Å². The fourth-order valence-electron chi connectivity index (χ4n) is 2.15. The third-order valence-corrected chi connectivity index (χ3v) is 4.00. The summed E-state index contributed by atoms with van der Waals surface area (Å²) in [6.07, 6.45) is 4.30. The third-order valence-electron chi connectivity index (χ3n) is 3.25. The molecule has 1 unspecified atom stereocenters. The molecule has 2 rings (SSSR count). The van der Waals surface area contributed by atoms with E-state index < -0.39 is 0 Å². The summed E-state index contributed by atoms with van der Waals surface area (Å²) in [5.74, 6) is 1.68. The predicted molar refractivity (Wildman–Crippen MR) is 70.1 cm³/mol. The maximum atomic E-state index is 4.47. The fraction of sp³-hybridized carbons (Fsp3) is 0.667. The normalized spacial score (nSPS) is 19.8. The van der Waals surface area contributed by atoms with E-state index in [1.807, 2.05) is 19.2 Å². The van der Waals surface area contributed by atoms with Crippen LogP contribution in [0.4, 0.5) is 5.95 Å². The summed E-state index contributed by atoms with van der Waals surface area (Å²) >= 11 is 3.67. The Labute approximate surface area is 105 Å². The third kappa shape index (κ3) is 2.73. The van der Waals surface area contributed by atoms with Crippen molar-refractivity contribution in [2.24, 2.45) is 5.92 Å². The summed E-state index contributed by atoms with van der Waals surface area (Å²) in [5, 5.41) is 0. The highest BCUT2D eigenvalue weighted by Crippen LogP contribution is 2.26. The summed E-state index contributed by atoms with van der Waals surface area (Å²) in [6.45, 7) is 6.40. The molecule has 4 heteroatoms. The van der Waals surface area contributed by atoms with Gasteiger partial charge in [-0.25, -0.2) is 9.97 Å². The highest BCUT2D eigenvalue weighted by Gasteiger charge is 2.23. The lowest BCUT2D eigenvalue weighted by molar-refractivity contribution is 0.404. The Morgan fingerprint density at radius 2 is 2.12 bits per heavy atom. The SMILES string of the molecule is Cc1ccnc(N2CCC(C(C)Br)CC2)n1. The average molecular weight is 284 g/mol. The molecule has 0 radical (unpaired) electrons. The maximum Gasteiger partial charge on any atom is 0.225 e. The minimum Gasteiger partial charge on any atom is -0.341 e. The molecule has 1 aromatic heterocycles. The molecule has 0 aliphatic carbocycles. The molecule has 1 aliphatic rings. The van der Waals surface area contributed by atoms with E-state index >= 15 is 0 Å². The van der Waals surface area contributed by atoms with Gasteiger partial charge in [0.15, 0.2) is 0 Å². The zero-order valence-electron chi connectivity index (χ0n) is 9.86. The van der Waals surface area contributed by atoms with E-state index in [2.05, 4.69) is 37.7 Å². The number of hydrogen-bond acceptors (Lipinski definition) is 3. The van der Waals surface area contributed by atoms with Gasteiger partial charge in [-0.2, -0.15) is 0 Å². The molecule has 1 fully saturated rings. The maximum absolute atomic E-state index is 4.47. The first kappa shape index (κ1) is 11.8. The zero-order chi connectivity index (χ0) is 11.5. The van der Waals surface area contributed by atoms with Crippen LogP contribution in [0.3, 0.4) is 0 Å². The van der Waals surface area contributed by atoms with E-state index in [0.29, 0.717) is 4.83 Å². The molecule has 1 atom stereocenters. The van der Waals surface area contributed by atoms with E-state index in [4.69, 9.17) is 0 Å². The molecular formula is C12H18BrN3. The van der Waals surface area contributed by atoms with Crippen molar-refractivity contribution in [2.75, 3.05) is 18.0 Å². The minimum atomic E-state index is 0.619. The zero-order valence-corrected chi connectivity index (χ0v) is 11.4. The molecule has 88 valence electrons. The van der Waals surface area contributed by atoms with Crippen molar-refractivity contribution >= 4 is 21.9 Å². The van der Waals surface area contributed by atoms with Gasteiger partial charge in [-0.1, -0.05) is 22.9 Å². The number of rotatable bonds is 2. The number of anilines is 1. The Hall–Kier alpha value is -0.640. The largest absolute Gasteiger partial charge is 0.341 e. The van der Waals surface area contributed by atoms with Crippen LogP contribution in [0.15, 0.2) is 12.3 Å². The lowest BCUT2D eigenvalue weighted by Gasteiger charge is -2.33. The van der Waals surface area contributed by atoms with Gasteiger partial charge in [0.05, 0.1) is 0 Å². The molecule has 0 N–H and O–H groups in total. The Morgan fingerprint density at radius 3 is 2.69 bits per heavy atom. The predicted octanol–water partition coefficient (Wildman–Crippen LogP) is 2.78. The first-order valence-corrected chi connectivity index (χ1v) is 6.77. The first-order valence-electron chi connectivity index (χ1n) is 5.85. The second-order valence-corrected chi connectivity index (χ2v) is 5.94. The van der Waals surface area contributed by atoms with Gasteiger partial charge < -0.3 is 4.90 Å². The van der Waals surface area contributed by atoms with Crippen LogP contribution < -0.4 is 4.90 Å². The average Bonchev–Trinajstić information content (AvgIpc) is 2.29. The van der Waals surface area contributed by atoms with Gasteiger partial charge >= 0.3 is 0 Å². The van der Waals surface area contributed by atoms with Crippen LogP contribution in [0.2, 0.25) is 0 Å². The molecule has 0 spiro atoms. The van der Waals surface area contributed by atoms with Crippen molar-refractivity contribution in [3.63, 3.8) is 0 Å². The van der Waals surface area contributed by atoms with Gasteiger partial charge in [-0.05, 0) is 31.7 Å². The van der Waals surface area contributed by atoms with Crippen LogP contribution in [-0.4, -0.2) is 27.9 Å². The molecule has 0 aromatic carbocycles. The Balaban J connectivity index is 1.99. The number of hydrogen-bond donors (Lipinski definition) is 0. The molecule has 16 heavy (non-hydrogen) atoms. The van der Waals surface area contributed by atoms with Gasteiger partial charge in [-0.15, -0.1) is 0 Å². The molecule has 2 heterocycles. The number of aromatic nitrogens is 2. The smallest absolute Gasteiger partial charge is 0.225 e. The monoisotopic (exact) mass is 283 g/mol. The number of aryl methyl sites for hydroxylation is 1. The molecule has 3 nitrogen and oxygen atoms in total. The van der Waals surface area contributed by atoms with Crippen molar-refractivity contribution in [1.29, 1.82) is 0 Å². The second-order valence-electron chi connectivity index (χ2n) is 4.50. The van der Waals surface area contributed by atoms with E-state index in [1.54, 1.807) is 0 Å². The van der Waals surface area contributed by atoms with E-state index in [9.17, 15) is 0 Å². The Morgan fingerprint density at radius 1 is 1.44 bits per heavy atom. The molecule has 0 saturated carbocycles. The van der Waals surface area contributed by atoms with Gasteiger partial charge in [-0.3, -0.25) is 0 Å². The van der Waals surface area contributed by atoms with Crippen LogP contribution in [0.25, 0.3) is 0 Å². The lowest BCUT2D eigenvalue weighted by atomic mass is 9.94. The van der Waals surface area contributed by atoms with E-state index in [1.165, 1.54) is 12.8 Å². The van der Waals surface area contributed by atoms with Crippen molar-refractivity contribution in [3.8, 4) is 0 Å².